The van der Waals surface area contributed by atoms with Crippen LogP contribution in [0.5, 0.6) is 0 Å². The summed E-state index contributed by atoms with van der Waals surface area (Å²) < 4.78 is 6.08. The first-order valence-corrected chi connectivity index (χ1v) is 8.45. The van der Waals surface area contributed by atoms with Gasteiger partial charge in [-0.2, -0.15) is 0 Å². The lowest BCUT2D eigenvalue weighted by atomic mass is 9.74. The van der Waals surface area contributed by atoms with E-state index in [1.54, 1.807) is 0 Å². The van der Waals surface area contributed by atoms with E-state index in [2.05, 4.69) is 6.58 Å². The number of aliphatic hydroxyl groups is 2. The predicted molar refractivity (Wildman–Crippen MR) is 94.1 cm³/mol. The average molecular weight is 318 g/mol. The van der Waals surface area contributed by atoms with Gasteiger partial charge in [0.2, 0.25) is 0 Å². The van der Waals surface area contributed by atoms with Crippen molar-refractivity contribution in [3.05, 3.63) is 48.1 Å². The van der Waals surface area contributed by atoms with E-state index in [0.29, 0.717) is 13.0 Å². The summed E-state index contributed by atoms with van der Waals surface area (Å²) in [5.41, 5.74) is 0.826. The summed E-state index contributed by atoms with van der Waals surface area (Å²) in [5, 5.41) is 20.5. The highest BCUT2D eigenvalue weighted by atomic mass is 16.5. The van der Waals surface area contributed by atoms with Crippen molar-refractivity contribution in [2.45, 2.75) is 51.2 Å². The molecule has 0 spiro atoms. The van der Waals surface area contributed by atoms with Crippen molar-refractivity contribution in [1.82, 2.24) is 0 Å². The Labute approximate surface area is 140 Å². The van der Waals surface area contributed by atoms with Crippen LogP contribution in [0.3, 0.4) is 0 Å². The van der Waals surface area contributed by atoms with Gasteiger partial charge in [0.05, 0.1) is 18.8 Å². The largest absolute Gasteiger partial charge is 0.393 e. The van der Waals surface area contributed by atoms with Crippen LogP contribution in [-0.2, 0) is 4.74 Å². The van der Waals surface area contributed by atoms with Gasteiger partial charge >= 0.3 is 0 Å². The monoisotopic (exact) mass is 318 g/mol. The topological polar surface area (TPSA) is 49.7 Å². The maximum absolute atomic E-state index is 10.5. The van der Waals surface area contributed by atoms with E-state index in [4.69, 9.17) is 4.74 Å². The maximum Gasteiger partial charge on any atom is 0.113 e. The van der Waals surface area contributed by atoms with E-state index in [-0.39, 0.29) is 18.4 Å². The maximum atomic E-state index is 10.5. The molecule has 0 unspecified atom stereocenters. The molecule has 0 aromatic rings. The summed E-state index contributed by atoms with van der Waals surface area (Å²) in [4.78, 5) is 0. The molecule has 23 heavy (non-hydrogen) atoms. The Morgan fingerprint density at radius 3 is 2.87 bits per heavy atom. The molecular formula is C20H30O3. The molecule has 2 N–H and O–H groups in total. The van der Waals surface area contributed by atoms with Crippen molar-refractivity contribution in [3.63, 3.8) is 0 Å². The molecule has 1 aliphatic carbocycles. The van der Waals surface area contributed by atoms with E-state index in [0.717, 1.165) is 18.4 Å². The standard InChI is InChI=1S/C20H30O3/c1-15(2)7-5-11-20(14-21)18-9-12-19(4,22)10-6-8-16(3)17(18)13-23-20/h5-7,10-11,17-18,21-22H,3,8-9,12-14H2,1-2,4H3/b10-6-,11-5+/t17-,18-,19+,20+/m0/s1. The molecule has 3 nitrogen and oxygen atoms in total. The third-order valence-corrected chi connectivity index (χ3v) is 5.04. The third-order valence-electron chi connectivity index (χ3n) is 5.04. The lowest BCUT2D eigenvalue weighted by molar-refractivity contribution is -0.0294. The molecule has 0 aromatic carbocycles. The minimum Gasteiger partial charge on any atom is -0.393 e. The number of fused-ring (bicyclic) bond motifs is 1. The van der Waals surface area contributed by atoms with Gasteiger partial charge in [0.15, 0.2) is 0 Å². The Balaban J connectivity index is 2.31. The van der Waals surface area contributed by atoms with Crippen LogP contribution in [0.25, 0.3) is 0 Å². The fraction of sp³-hybridized carbons (Fsp3) is 0.600. The molecule has 0 amide bonds. The molecule has 1 saturated heterocycles. The summed E-state index contributed by atoms with van der Waals surface area (Å²) in [6.07, 6.45) is 12.1. The zero-order chi connectivity index (χ0) is 17.1. The predicted octanol–water partition coefficient (Wildman–Crippen LogP) is 3.55. The van der Waals surface area contributed by atoms with E-state index >= 15 is 0 Å². The first-order chi connectivity index (χ1) is 10.8. The van der Waals surface area contributed by atoms with Gasteiger partial charge in [-0.25, -0.2) is 0 Å². The van der Waals surface area contributed by atoms with E-state index < -0.39 is 11.2 Å². The SMILES string of the molecule is C=C1C/C=C\[C@@](C)(O)CC[C@H]2[C@H]1CO[C@]2(/C=C/C=C(C)C)CO. The highest BCUT2D eigenvalue weighted by Gasteiger charge is 2.48. The number of rotatable bonds is 3. The molecule has 1 heterocycles. The molecule has 1 fully saturated rings. The average Bonchev–Trinajstić information content (AvgIpc) is 2.84. The molecule has 0 radical (unpaired) electrons. The Kier molecular flexibility index (Phi) is 5.66. The van der Waals surface area contributed by atoms with Gasteiger partial charge in [0, 0.05) is 11.8 Å². The van der Waals surface area contributed by atoms with Crippen molar-refractivity contribution in [2.75, 3.05) is 13.2 Å². The van der Waals surface area contributed by atoms with Crippen LogP contribution in [0.4, 0.5) is 0 Å². The van der Waals surface area contributed by atoms with Crippen LogP contribution in [0.1, 0.15) is 40.0 Å². The van der Waals surface area contributed by atoms with Gasteiger partial charge in [-0.15, -0.1) is 0 Å². The molecular weight excluding hydrogens is 288 g/mol. The summed E-state index contributed by atoms with van der Waals surface area (Å²) >= 11 is 0. The van der Waals surface area contributed by atoms with Gasteiger partial charge in [-0.3, -0.25) is 0 Å². The van der Waals surface area contributed by atoms with Crippen LogP contribution >= 0.6 is 0 Å². The number of aliphatic hydroxyl groups excluding tert-OH is 1. The van der Waals surface area contributed by atoms with Gasteiger partial charge < -0.3 is 14.9 Å². The van der Waals surface area contributed by atoms with Gasteiger partial charge in [-0.1, -0.05) is 48.1 Å². The normalized spacial score (nSPS) is 39.4. The van der Waals surface area contributed by atoms with Gasteiger partial charge in [-0.05, 0) is 40.0 Å². The van der Waals surface area contributed by atoms with E-state index in [9.17, 15) is 10.2 Å². The van der Waals surface area contributed by atoms with Crippen molar-refractivity contribution in [1.29, 1.82) is 0 Å². The lowest BCUT2D eigenvalue weighted by Crippen LogP contribution is -2.40. The van der Waals surface area contributed by atoms with E-state index in [1.807, 2.05) is 51.2 Å². The second kappa shape index (κ2) is 7.16. The van der Waals surface area contributed by atoms with Crippen LogP contribution in [0.2, 0.25) is 0 Å². The number of hydrogen-bond donors (Lipinski definition) is 2. The van der Waals surface area contributed by atoms with Crippen molar-refractivity contribution >= 4 is 0 Å². The Morgan fingerprint density at radius 1 is 1.48 bits per heavy atom. The van der Waals surface area contributed by atoms with Gasteiger partial charge in [0.1, 0.15) is 5.60 Å². The van der Waals surface area contributed by atoms with Crippen molar-refractivity contribution in [3.8, 4) is 0 Å². The second-order valence-electron chi connectivity index (χ2n) is 7.40. The molecule has 3 heteroatoms. The molecule has 4 atom stereocenters. The summed E-state index contributed by atoms with van der Waals surface area (Å²) in [6, 6.07) is 0. The zero-order valence-corrected chi connectivity index (χ0v) is 14.6. The molecule has 0 aromatic heterocycles. The molecule has 0 bridgehead atoms. The fourth-order valence-corrected chi connectivity index (χ4v) is 3.59. The quantitative estimate of drug-likeness (QED) is 0.618. The van der Waals surface area contributed by atoms with Crippen molar-refractivity contribution < 1.29 is 14.9 Å². The number of allylic oxidation sites excluding steroid dienone is 4. The van der Waals surface area contributed by atoms with Crippen molar-refractivity contribution in [2.24, 2.45) is 11.8 Å². The first-order valence-electron chi connectivity index (χ1n) is 8.45. The van der Waals surface area contributed by atoms with Crippen LogP contribution in [0, 0.1) is 11.8 Å². The van der Waals surface area contributed by atoms with E-state index in [1.165, 1.54) is 5.57 Å². The molecule has 1 aliphatic heterocycles. The Morgan fingerprint density at radius 2 is 2.22 bits per heavy atom. The zero-order valence-electron chi connectivity index (χ0n) is 14.6. The second-order valence-corrected chi connectivity index (χ2v) is 7.40. The van der Waals surface area contributed by atoms with Crippen LogP contribution in [0.15, 0.2) is 48.1 Å². The first kappa shape index (κ1) is 18.2. The smallest absolute Gasteiger partial charge is 0.113 e. The molecule has 2 rings (SSSR count). The lowest BCUT2D eigenvalue weighted by Gasteiger charge is -2.33. The molecule has 2 aliphatic rings. The summed E-state index contributed by atoms with van der Waals surface area (Å²) in [5.74, 6) is 0.352. The molecule has 0 saturated carbocycles. The Bertz CT molecular complexity index is 523. The van der Waals surface area contributed by atoms with Crippen LogP contribution in [-0.4, -0.2) is 34.6 Å². The van der Waals surface area contributed by atoms with Gasteiger partial charge in [0.25, 0.3) is 0 Å². The molecule has 128 valence electrons. The fourth-order valence-electron chi connectivity index (χ4n) is 3.59. The number of ether oxygens (including phenoxy) is 1. The minimum atomic E-state index is -0.817. The summed E-state index contributed by atoms with van der Waals surface area (Å²) in [6.45, 7) is 10.7. The highest BCUT2D eigenvalue weighted by Crippen LogP contribution is 2.45. The summed E-state index contributed by atoms with van der Waals surface area (Å²) in [7, 11) is 0. The van der Waals surface area contributed by atoms with Crippen LogP contribution < -0.4 is 0 Å². The minimum absolute atomic E-state index is 0.0515. The Hall–Kier alpha value is -1.16. The highest BCUT2D eigenvalue weighted by molar-refractivity contribution is 5.23. The third kappa shape index (κ3) is 4.23. The number of hydrogen-bond acceptors (Lipinski definition) is 3.